The minimum absolute atomic E-state index is 0.161. The number of rotatable bonds is 6. The molecule has 1 aromatic carbocycles. The molecule has 0 N–H and O–H groups in total. The number of hydrogen-bond acceptors (Lipinski definition) is 3. The smallest absolute Gasteiger partial charge is 0.222 e. The van der Waals surface area contributed by atoms with E-state index in [1.807, 2.05) is 38.4 Å². The molecule has 5 nitrogen and oxygen atoms in total. The standard InChI is InChI=1S/C19H22N4O/c1-15-20-11-13-23(15)12-5-9-19(24)22(2)14-16-6-3-8-18-17(16)7-4-10-21-18/h3-4,6-8,10-11,13H,5,9,12,14H2,1-2H3. The van der Waals surface area contributed by atoms with Crippen LogP contribution < -0.4 is 0 Å². The first-order valence-electron chi connectivity index (χ1n) is 8.19. The average molecular weight is 322 g/mol. The monoisotopic (exact) mass is 322 g/mol. The van der Waals surface area contributed by atoms with Crippen LogP contribution in [0.1, 0.15) is 24.2 Å². The molecule has 0 aliphatic carbocycles. The predicted molar refractivity (Wildman–Crippen MR) is 94.4 cm³/mol. The number of carbonyl (C=O) groups excluding carboxylic acids is 1. The van der Waals surface area contributed by atoms with E-state index in [1.165, 1.54) is 0 Å². The van der Waals surface area contributed by atoms with Gasteiger partial charge in [-0.3, -0.25) is 9.78 Å². The van der Waals surface area contributed by atoms with E-state index in [2.05, 4.69) is 26.7 Å². The van der Waals surface area contributed by atoms with Gasteiger partial charge in [0.15, 0.2) is 0 Å². The first-order chi connectivity index (χ1) is 11.6. The molecule has 124 valence electrons. The molecule has 0 atom stereocenters. The highest BCUT2D eigenvalue weighted by atomic mass is 16.2. The van der Waals surface area contributed by atoms with E-state index in [1.54, 1.807) is 17.3 Å². The molecule has 2 aromatic heterocycles. The summed E-state index contributed by atoms with van der Waals surface area (Å²) in [6, 6.07) is 10.0. The van der Waals surface area contributed by atoms with E-state index < -0.39 is 0 Å². The van der Waals surface area contributed by atoms with Crippen molar-refractivity contribution in [2.45, 2.75) is 32.9 Å². The first kappa shape index (κ1) is 16.2. The quantitative estimate of drug-likeness (QED) is 0.700. The average Bonchev–Trinajstić information content (AvgIpc) is 3.00. The lowest BCUT2D eigenvalue weighted by Gasteiger charge is -2.18. The Bertz CT molecular complexity index is 835. The normalized spacial score (nSPS) is 10.9. The van der Waals surface area contributed by atoms with E-state index >= 15 is 0 Å². The molecule has 0 spiro atoms. The summed E-state index contributed by atoms with van der Waals surface area (Å²) in [4.78, 5) is 22.7. The fraction of sp³-hybridized carbons (Fsp3) is 0.316. The lowest BCUT2D eigenvalue weighted by molar-refractivity contribution is -0.130. The van der Waals surface area contributed by atoms with E-state index in [0.717, 1.165) is 35.3 Å². The number of imidazole rings is 1. The topological polar surface area (TPSA) is 51.0 Å². The first-order valence-corrected chi connectivity index (χ1v) is 8.19. The van der Waals surface area contributed by atoms with E-state index in [0.29, 0.717) is 13.0 Å². The van der Waals surface area contributed by atoms with Gasteiger partial charge in [0.1, 0.15) is 5.82 Å². The summed E-state index contributed by atoms with van der Waals surface area (Å²) in [7, 11) is 1.86. The molecular weight excluding hydrogens is 300 g/mol. The molecule has 5 heteroatoms. The molecule has 3 aromatic rings. The minimum atomic E-state index is 0.161. The Morgan fingerprint density at radius 1 is 1.17 bits per heavy atom. The van der Waals surface area contributed by atoms with Crippen LogP contribution in [0.15, 0.2) is 48.9 Å². The third-order valence-corrected chi connectivity index (χ3v) is 4.28. The van der Waals surface area contributed by atoms with Gasteiger partial charge in [0, 0.05) is 50.5 Å². The second-order valence-electron chi connectivity index (χ2n) is 6.01. The molecule has 0 bridgehead atoms. The Balaban J connectivity index is 1.58. The lowest BCUT2D eigenvalue weighted by atomic mass is 10.1. The fourth-order valence-corrected chi connectivity index (χ4v) is 2.88. The van der Waals surface area contributed by atoms with Crippen molar-refractivity contribution in [3.05, 3.63) is 60.3 Å². The summed E-state index contributed by atoms with van der Waals surface area (Å²) in [5.41, 5.74) is 2.09. The molecule has 3 rings (SSSR count). The van der Waals surface area contributed by atoms with Gasteiger partial charge >= 0.3 is 0 Å². The van der Waals surface area contributed by atoms with E-state index in [9.17, 15) is 4.79 Å². The number of aryl methyl sites for hydroxylation is 2. The van der Waals surface area contributed by atoms with Crippen molar-refractivity contribution >= 4 is 16.8 Å². The number of benzene rings is 1. The lowest BCUT2D eigenvalue weighted by Crippen LogP contribution is -2.26. The number of amides is 1. The zero-order chi connectivity index (χ0) is 16.9. The van der Waals surface area contributed by atoms with Crippen LogP contribution >= 0.6 is 0 Å². The van der Waals surface area contributed by atoms with Gasteiger partial charge in [-0.15, -0.1) is 0 Å². The van der Waals surface area contributed by atoms with Crippen LogP contribution in [-0.2, 0) is 17.9 Å². The summed E-state index contributed by atoms with van der Waals surface area (Å²) in [6.07, 6.45) is 6.89. The van der Waals surface area contributed by atoms with Gasteiger partial charge in [0.25, 0.3) is 0 Å². The Morgan fingerprint density at radius 2 is 2.04 bits per heavy atom. The Labute approximate surface area is 142 Å². The Hall–Kier alpha value is -2.69. The van der Waals surface area contributed by atoms with Crippen molar-refractivity contribution in [2.75, 3.05) is 7.05 Å². The molecule has 0 saturated heterocycles. The number of pyridine rings is 1. The maximum Gasteiger partial charge on any atom is 0.222 e. The van der Waals surface area contributed by atoms with E-state index in [-0.39, 0.29) is 5.91 Å². The molecular formula is C19H22N4O. The zero-order valence-electron chi connectivity index (χ0n) is 14.1. The van der Waals surface area contributed by atoms with Crippen molar-refractivity contribution in [3.8, 4) is 0 Å². The van der Waals surface area contributed by atoms with Gasteiger partial charge in [-0.2, -0.15) is 0 Å². The molecule has 0 unspecified atom stereocenters. The van der Waals surface area contributed by atoms with Crippen LogP contribution in [0.4, 0.5) is 0 Å². The molecule has 2 heterocycles. The Kier molecular flexibility index (Phi) is 4.89. The number of nitrogens with zero attached hydrogens (tertiary/aromatic N) is 4. The van der Waals surface area contributed by atoms with Crippen LogP contribution in [-0.4, -0.2) is 32.4 Å². The number of hydrogen-bond donors (Lipinski definition) is 0. The highest BCUT2D eigenvalue weighted by Crippen LogP contribution is 2.18. The van der Waals surface area contributed by atoms with Gasteiger partial charge in [-0.25, -0.2) is 4.98 Å². The third-order valence-electron chi connectivity index (χ3n) is 4.28. The summed E-state index contributed by atoms with van der Waals surface area (Å²) >= 11 is 0. The molecule has 0 aliphatic rings. The van der Waals surface area contributed by atoms with Crippen LogP contribution in [0.2, 0.25) is 0 Å². The highest BCUT2D eigenvalue weighted by molar-refractivity contribution is 5.83. The Morgan fingerprint density at radius 3 is 2.83 bits per heavy atom. The van der Waals surface area contributed by atoms with Crippen molar-refractivity contribution in [3.63, 3.8) is 0 Å². The van der Waals surface area contributed by atoms with Crippen LogP contribution in [0.5, 0.6) is 0 Å². The molecule has 0 saturated carbocycles. The van der Waals surface area contributed by atoms with Crippen LogP contribution in [0.3, 0.4) is 0 Å². The maximum absolute atomic E-state index is 12.4. The number of carbonyl (C=O) groups is 1. The van der Waals surface area contributed by atoms with Crippen molar-refractivity contribution < 1.29 is 4.79 Å². The third kappa shape index (κ3) is 3.62. The van der Waals surface area contributed by atoms with Crippen molar-refractivity contribution in [2.24, 2.45) is 0 Å². The SMILES string of the molecule is Cc1nccn1CCCC(=O)N(C)Cc1cccc2ncccc12. The molecule has 1 amide bonds. The molecule has 0 aliphatic heterocycles. The van der Waals surface area contributed by atoms with Gasteiger partial charge in [-0.05, 0) is 31.0 Å². The van der Waals surface area contributed by atoms with E-state index in [4.69, 9.17) is 0 Å². The molecule has 24 heavy (non-hydrogen) atoms. The van der Waals surface area contributed by atoms with Gasteiger partial charge in [0.2, 0.25) is 5.91 Å². The van der Waals surface area contributed by atoms with Crippen molar-refractivity contribution in [1.82, 2.24) is 19.4 Å². The zero-order valence-corrected chi connectivity index (χ0v) is 14.1. The highest BCUT2D eigenvalue weighted by Gasteiger charge is 2.11. The maximum atomic E-state index is 12.4. The fourth-order valence-electron chi connectivity index (χ4n) is 2.88. The van der Waals surface area contributed by atoms with Gasteiger partial charge in [0.05, 0.1) is 5.52 Å². The second kappa shape index (κ2) is 7.25. The second-order valence-corrected chi connectivity index (χ2v) is 6.01. The van der Waals surface area contributed by atoms with Gasteiger partial charge in [-0.1, -0.05) is 18.2 Å². The van der Waals surface area contributed by atoms with Crippen molar-refractivity contribution in [1.29, 1.82) is 0 Å². The molecule has 0 fully saturated rings. The predicted octanol–water partition coefficient (Wildman–Crippen LogP) is 3.18. The van der Waals surface area contributed by atoms with Crippen LogP contribution in [0, 0.1) is 6.92 Å². The number of fused-ring (bicyclic) bond motifs is 1. The molecule has 0 radical (unpaired) electrons. The summed E-state index contributed by atoms with van der Waals surface area (Å²) in [5, 5.41) is 1.11. The summed E-state index contributed by atoms with van der Waals surface area (Å²) in [5.74, 6) is 1.15. The number of aromatic nitrogens is 3. The summed E-state index contributed by atoms with van der Waals surface area (Å²) < 4.78 is 2.07. The minimum Gasteiger partial charge on any atom is -0.341 e. The summed E-state index contributed by atoms with van der Waals surface area (Å²) in [6.45, 7) is 3.40. The van der Waals surface area contributed by atoms with Crippen LogP contribution in [0.25, 0.3) is 10.9 Å². The van der Waals surface area contributed by atoms with Gasteiger partial charge < -0.3 is 9.47 Å². The largest absolute Gasteiger partial charge is 0.341 e.